The van der Waals surface area contributed by atoms with E-state index < -0.39 is 0 Å². The molecule has 0 atom stereocenters. The lowest BCUT2D eigenvalue weighted by atomic mass is 10.0. The van der Waals surface area contributed by atoms with E-state index in [-0.39, 0.29) is 16.0 Å². The lowest BCUT2D eigenvalue weighted by Gasteiger charge is -2.36. The predicted octanol–water partition coefficient (Wildman–Crippen LogP) is 6.13. The maximum atomic E-state index is 13.1. The summed E-state index contributed by atoms with van der Waals surface area (Å²) >= 11 is 0. The second-order valence-corrected chi connectivity index (χ2v) is 10.8. The molecule has 0 bridgehead atoms. The molecule has 0 spiro atoms. The minimum Gasteiger partial charge on any atom is -0.497 e. The van der Waals surface area contributed by atoms with Crippen molar-refractivity contribution in [1.82, 2.24) is 9.80 Å². The third kappa shape index (κ3) is 7.16. The van der Waals surface area contributed by atoms with Crippen LogP contribution in [0.3, 0.4) is 0 Å². The van der Waals surface area contributed by atoms with Crippen LogP contribution in [0.5, 0.6) is 11.5 Å². The number of likely N-dealkylation sites (tertiary alicyclic amines) is 1. The molecule has 42 heavy (non-hydrogen) atoms. The quantitative estimate of drug-likeness (QED) is 0.114. The van der Waals surface area contributed by atoms with E-state index in [1.807, 2.05) is 36.4 Å². The Balaban J connectivity index is 1.04. The maximum Gasteiger partial charge on any atom is 0.269 e. The van der Waals surface area contributed by atoms with Crippen LogP contribution in [0.2, 0.25) is 0 Å². The molecular weight excluding hydrogens is 534 g/mol. The highest BCUT2D eigenvalue weighted by atomic mass is 16.6. The highest BCUT2D eigenvalue weighted by Crippen LogP contribution is 2.25. The molecule has 1 aliphatic heterocycles. The molecule has 9 heteroatoms. The molecule has 5 rings (SSSR count). The summed E-state index contributed by atoms with van der Waals surface area (Å²) in [6, 6.07) is 20.2. The maximum absolute atomic E-state index is 13.1. The average Bonchev–Trinajstić information content (AvgIpc) is 3.01. The van der Waals surface area contributed by atoms with E-state index in [0.29, 0.717) is 34.9 Å². The largest absolute Gasteiger partial charge is 0.497 e. The smallest absolute Gasteiger partial charge is 0.269 e. The number of rotatable bonds is 12. The van der Waals surface area contributed by atoms with Gasteiger partial charge in [-0.1, -0.05) is 24.3 Å². The minimum atomic E-state index is -0.337. The molecule has 1 saturated heterocycles. The Kier molecular flexibility index (Phi) is 9.51. The Morgan fingerprint density at radius 1 is 1.02 bits per heavy atom. The van der Waals surface area contributed by atoms with Crippen molar-refractivity contribution in [2.45, 2.75) is 38.3 Å². The Morgan fingerprint density at radius 3 is 2.52 bits per heavy atom. The minimum absolute atomic E-state index is 0.0779. The summed E-state index contributed by atoms with van der Waals surface area (Å²) in [5, 5.41) is 11.6. The standard InChI is InChI=1S/C33H37N3O6/c1-34(26-14-17-35(18-15-26)22-24-6-5-7-27(20-24)36(38)39)16-3-4-19-41-29-12-13-30-32(21-29)42-23-31(33(30)37)25-8-10-28(40-2)11-9-25/h5-13,20-21,23,26H,3-4,14-19,22H2,1-2H3. The number of hydrogen-bond acceptors (Lipinski definition) is 8. The van der Waals surface area contributed by atoms with Crippen LogP contribution in [0.1, 0.15) is 31.2 Å². The van der Waals surface area contributed by atoms with Gasteiger partial charge in [0.15, 0.2) is 5.43 Å². The van der Waals surface area contributed by atoms with Gasteiger partial charge in [0.25, 0.3) is 5.69 Å². The zero-order valence-corrected chi connectivity index (χ0v) is 24.2. The number of unbranched alkanes of at least 4 members (excludes halogenated alkanes) is 1. The van der Waals surface area contributed by atoms with Crippen LogP contribution in [0.4, 0.5) is 5.69 Å². The van der Waals surface area contributed by atoms with Gasteiger partial charge >= 0.3 is 0 Å². The fourth-order valence-corrected chi connectivity index (χ4v) is 5.55. The Morgan fingerprint density at radius 2 is 1.79 bits per heavy atom. The number of ether oxygens (including phenoxy) is 2. The molecule has 0 radical (unpaired) electrons. The average molecular weight is 572 g/mol. The Labute approximate surface area is 245 Å². The molecular formula is C33H37N3O6. The van der Waals surface area contributed by atoms with Gasteiger partial charge in [0.2, 0.25) is 0 Å². The molecule has 1 aliphatic rings. The zero-order valence-electron chi connectivity index (χ0n) is 24.2. The number of methoxy groups -OCH3 is 1. The Bertz CT molecular complexity index is 1560. The van der Waals surface area contributed by atoms with Gasteiger partial charge in [0.1, 0.15) is 23.3 Å². The van der Waals surface area contributed by atoms with Gasteiger partial charge in [0.05, 0.1) is 29.6 Å². The third-order valence-corrected chi connectivity index (χ3v) is 8.03. The lowest BCUT2D eigenvalue weighted by Crippen LogP contribution is -2.43. The number of nitrogens with zero attached hydrogens (tertiary/aromatic N) is 3. The number of hydrogen-bond donors (Lipinski definition) is 0. The summed E-state index contributed by atoms with van der Waals surface area (Å²) in [5.41, 5.74) is 2.86. The van der Waals surface area contributed by atoms with Crippen molar-refractivity contribution in [1.29, 1.82) is 0 Å². The molecule has 9 nitrogen and oxygen atoms in total. The molecule has 3 aromatic carbocycles. The molecule has 0 saturated carbocycles. The second kappa shape index (κ2) is 13.6. The van der Waals surface area contributed by atoms with Gasteiger partial charge in [-0.3, -0.25) is 19.8 Å². The number of nitro benzene ring substituents is 1. The molecule has 220 valence electrons. The Hall–Kier alpha value is -4.21. The summed E-state index contributed by atoms with van der Waals surface area (Å²) in [6.07, 6.45) is 5.63. The van der Waals surface area contributed by atoms with Crippen LogP contribution >= 0.6 is 0 Å². The monoisotopic (exact) mass is 571 g/mol. The van der Waals surface area contributed by atoms with Crippen LogP contribution < -0.4 is 14.9 Å². The third-order valence-electron chi connectivity index (χ3n) is 8.03. The van der Waals surface area contributed by atoms with Crippen LogP contribution in [-0.2, 0) is 6.54 Å². The van der Waals surface area contributed by atoms with E-state index in [1.165, 1.54) is 12.3 Å². The van der Waals surface area contributed by atoms with Gasteiger partial charge in [-0.05, 0) is 87.8 Å². The highest BCUT2D eigenvalue weighted by molar-refractivity contribution is 5.82. The van der Waals surface area contributed by atoms with Crippen LogP contribution in [0.25, 0.3) is 22.1 Å². The van der Waals surface area contributed by atoms with Crippen LogP contribution in [-0.4, -0.2) is 61.2 Å². The number of nitro groups is 1. The fourth-order valence-electron chi connectivity index (χ4n) is 5.55. The van der Waals surface area contributed by atoms with E-state index in [1.54, 1.807) is 31.4 Å². The van der Waals surface area contributed by atoms with Crippen molar-refractivity contribution < 1.29 is 18.8 Å². The first-order valence-electron chi connectivity index (χ1n) is 14.4. The highest BCUT2D eigenvalue weighted by Gasteiger charge is 2.22. The van der Waals surface area contributed by atoms with Crippen molar-refractivity contribution in [3.63, 3.8) is 0 Å². The lowest BCUT2D eigenvalue weighted by molar-refractivity contribution is -0.384. The fraction of sp³-hybridized carbons (Fsp3) is 0.364. The van der Waals surface area contributed by atoms with Crippen molar-refractivity contribution in [3.05, 3.63) is 98.9 Å². The van der Waals surface area contributed by atoms with Crippen molar-refractivity contribution in [3.8, 4) is 22.6 Å². The predicted molar refractivity (Wildman–Crippen MR) is 163 cm³/mol. The van der Waals surface area contributed by atoms with Gasteiger partial charge in [-0.2, -0.15) is 0 Å². The first-order valence-corrected chi connectivity index (χ1v) is 14.4. The van der Waals surface area contributed by atoms with E-state index in [2.05, 4.69) is 16.8 Å². The molecule has 4 aromatic rings. The summed E-state index contributed by atoms with van der Waals surface area (Å²) in [4.78, 5) is 28.6. The van der Waals surface area contributed by atoms with Gasteiger partial charge in [-0.25, -0.2) is 0 Å². The van der Waals surface area contributed by atoms with Gasteiger partial charge in [0, 0.05) is 30.8 Å². The molecule has 1 aromatic heterocycles. The van der Waals surface area contributed by atoms with Crippen LogP contribution in [0.15, 0.2) is 82.2 Å². The van der Waals surface area contributed by atoms with Crippen molar-refractivity contribution in [2.24, 2.45) is 0 Å². The second-order valence-electron chi connectivity index (χ2n) is 10.8. The SMILES string of the molecule is COc1ccc(-c2coc3cc(OCCCCN(C)C4CCN(Cc5cccc([N+](=O)[O-])c5)CC4)ccc3c2=O)cc1. The summed E-state index contributed by atoms with van der Waals surface area (Å²) in [6.45, 7) is 4.31. The zero-order chi connectivity index (χ0) is 29.5. The first-order chi connectivity index (χ1) is 20.4. The van der Waals surface area contributed by atoms with E-state index >= 15 is 0 Å². The summed E-state index contributed by atoms with van der Waals surface area (Å²) in [7, 11) is 3.80. The number of fused-ring (bicyclic) bond motifs is 1. The number of non-ortho nitro benzene ring substituents is 1. The van der Waals surface area contributed by atoms with E-state index in [9.17, 15) is 14.9 Å². The molecule has 2 heterocycles. The van der Waals surface area contributed by atoms with E-state index in [4.69, 9.17) is 13.9 Å². The van der Waals surface area contributed by atoms with Crippen molar-refractivity contribution >= 4 is 16.7 Å². The topological polar surface area (TPSA) is 98.3 Å². The molecule has 0 aliphatic carbocycles. The normalized spacial score (nSPS) is 14.4. The van der Waals surface area contributed by atoms with Crippen molar-refractivity contribution in [2.75, 3.05) is 40.4 Å². The van der Waals surface area contributed by atoms with E-state index in [0.717, 1.165) is 68.7 Å². The number of piperidine rings is 1. The molecule has 0 unspecified atom stereocenters. The first kappa shape index (κ1) is 29.3. The van der Waals surface area contributed by atoms with Gasteiger partial charge < -0.3 is 18.8 Å². The molecule has 1 fully saturated rings. The summed E-state index contributed by atoms with van der Waals surface area (Å²) < 4.78 is 17.0. The van der Waals surface area contributed by atoms with Gasteiger partial charge in [-0.15, -0.1) is 0 Å². The van der Waals surface area contributed by atoms with Crippen LogP contribution in [0, 0.1) is 10.1 Å². The number of benzene rings is 3. The molecule has 0 amide bonds. The summed E-state index contributed by atoms with van der Waals surface area (Å²) in [5.74, 6) is 1.42. The molecule has 0 N–H and O–H groups in total.